The Labute approximate surface area is 195 Å². The number of fused-ring (bicyclic) bond motifs is 2. The van der Waals surface area contributed by atoms with Crippen molar-refractivity contribution in [3.05, 3.63) is 48.0 Å². The number of rotatable bonds is 2. The number of amides is 2. The summed E-state index contributed by atoms with van der Waals surface area (Å²) in [6.45, 7) is 4.18. The summed E-state index contributed by atoms with van der Waals surface area (Å²) in [6.07, 6.45) is 5.88. The zero-order valence-corrected chi connectivity index (χ0v) is 19.4. The normalized spacial score (nSPS) is 20.7. The van der Waals surface area contributed by atoms with Crippen LogP contribution in [-0.4, -0.2) is 60.5 Å². The molecule has 2 heterocycles. The molecule has 1 saturated heterocycles. The van der Waals surface area contributed by atoms with Crippen molar-refractivity contribution in [1.29, 1.82) is 0 Å². The van der Waals surface area contributed by atoms with Gasteiger partial charge in [0, 0.05) is 31.7 Å². The van der Waals surface area contributed by atoms with Crippen molar-refractivity contribution in [3.8, 4) is 17.2 Å². The summed E-state index contributed by atoms with van der Waals surface area (Å²) in [5, 5.41) is 3.27. The van der Waals surface area contributed by atoms with E-state index < -0.39 is 0 Å². The van der Waals surface area contributed by atoms with Gasteiger partial charge in [0.1, 0.15) is 11.5 Å². The molecule has 0 radical (unpaired) electrons. The lowest BCUT2D eigenvalue weighted by Gasteiger charge is -2.41. The first-order chi connectivity index (χ1) is 16.1. The number of nitrogens with zero attached hydrogens (tertiary/aromatic N) is 3. The smallest absolute Gasteiger partial charge is 0.317 e. The van der Waals surface area contributed by atoms with Crippen molar-refractivity contribution in [2.45, 2.75) is 51.1 Å². The molecular formula is C26H32N4O3. The largest absolute Gasteiger partial charge is 0.493 e. The molecule has 174 valence electrons. The van der Waals surface area contributed by atoms with Gasteiger partial charge in [-0.05, 0) is 44.0 Å². The molecule has 1 N–H and O–H groups in total. The third-order valence-electron chi connectivity index (χ3n) is 6.86. The highest BCUT2D eigenvalue weighted by Crippen LogP contribution is 2.42. The number of carbonyl (C=O) groups is 1. The Kier molecular flexibility index (Phi) is 6.11. The minimum absolute atomic E-state index is 0.0626. The Morgan fingerprint density at radius 2 is 1.91 bits per heavy atom. The Morgan fingerprint density at radius 1 is 1.09 bits per heavy atom. The van der Waals surface area contributed by atoms with Crippen LogP contribution >= 0.6 is 0 Å². The predicted octanol–water partition coefficient (Wildman–Crippen LogP) is 4.93. The molecule has 2 amide bonds. The van der Waals surface area contributed by atoms with Crippen molar-refractivity contribution in [1.82, 2.24) is 15.1 Å². The number of aliphatic imine (C=N–C) groups is 1. The average Bonchev–Trinajstić information content (AvgIpc) is 3.01. The van der Waals surface area contributed by atoms with Crippen molar-refractivity contribution >= 4 is 17.6 Å². The number of ether oxygens (including phenoxy) is 2. The minimum atomic E-state index is 0.0626. The molecule has 7 nitrogen and oxygen atoms in total. The summed E-state index contributed by atoms with van der Waals surface area (Å²) in [5.74, 6) is 2.91. The molecule has 1 aliphatic carbocycles. The number of benzene rings is 2. The molecule has 7 heteroatoms. The number of para-hydroxylation sites is 3. The van der Waals surface area contributed by atoms with E-state index in [0.29, 0.717) is 42.9 Å². The standard InChI is InChI=1S/C26H32N4O3/c1-18-17-29(15-16-30(18)26(31)27-19-9-4-3-5-10-19)25-20-11-8-14-23(32-2)24(20)33-22-13-7-6-12-21(22)28-25/h6-8,11-14,18-19H,3-5,9-10,15-17H2,1-2H3,(H,27,31). The van der Waals surface area contributed by atoms with Crippen LogP contribution in [0.25, 0.3) is 0 Å². The van der Waals surface area contributed by atoms with E-state index in [2.05, 4.69) is 17.1 Å². The molecule has 2 aromatic rings. The Hall–Kier alpha value is -3.22. The van der Waals surface area contributed by atoms with E-state index in [1.165, 1.54) is 19.3 Å². The second kappa shape index (κ2) is 9.33. The van der Waals surface area contributed by atoms with E-state index in [1.807, 2.05) is 47.4 Å². The summed E-state index contributed by atoms with van der Waals surface area (Å²) in [4.78, 5) is 22.2. The summed E-state index contributed by atoms with van der Waals surface area (Å²) in [5.41, 5.74) is 1.69. The highest BCUT2D eigenvalue weighted by atomic mass is 16.5. The van der Waals surface area contributed by atoms with E-state index in [4.69, 9.17) is 14.5 Å². The van der Waals surface area contributed by atoms with Gasteiger partial charge in [0.05, 0.1) is 12.7 Å². The topological polar surface area (TPSA) is 66.4 Å². The van der Waals surface area contributed by atoms with Gasteiger partial charge >= 0.3 is 6.03 Å². The van der Waals surface area contributed by atoms with Crippen LogP contribution in [0.2, 0.25) is 0 Å². The van der Waals surface area contributed by atoms with Gasteiger partial charge in [-0.3, -0.25) is 0 Å². The third kappa shape index (κ3) is 4.36. The van der Waals surface area contributed by atoms with Crippen LogP contribution in [0, 0.1) is 0 Å². The van der Waals surface area contributed by atoms with Gasteiger partial charge in [-0.1, -0.05) is 37.5 Å². The van der Waals surface area contributed by atoms with Gasteiger partial charge < -0.3 is 24.6 Å². The first-order valence-electron chi connectivity index (χ1n) is 12.0. The van der Waals surface area contributed by atoms with Gasteiger partial charge in [0.25, 0.3) is 0 Å². The van der Waals surface area contributed by atoms with Crippen molar-refractivity contribution in [3.63, 3.8) is 0 Å². The van der Waals surface area contributed by atoms with E-state index in [1.54, 1.807) is 7.11 Å². The zero-order valence-electron chi connectivity index (χ0n) is 19.4. The lowest BCUT2D eigenvalue weighted by molar-refractivity contribution is 0.130. The maximum atomic E-state index is 13.0. The summed E-state index contributed by atoms with van der Waals surface area (Å²) < 4.78 is 11.9. The number of nitrogens with one attached hydrogen (secondary N) is 1. The van der Waals surface area contributed by atoms with Gasteiger partial charge in [-0.15, -0.1) is 0 Å². The molecule has 5 rings (SSSR count). The summed E-state index contributed by atoms with van der Waals surface area (Å²) >= 11 is 0. The van der Waals surface area contributed by atoms with Crippen molar-refractivity contribution < 1.29 is 14.3 Å². The van der Waals surface area contributed by atoms with Crippen LogP contribution in [0.15, 0.2) is 47.5 Å². The van der Waals surface area contributed by atoms with Gasteiger partial charge in [-0.25, -0.2) is 9.79 Å². The number of hydrogen-bond acceptors (Lipinski definition) is 5. The van der Waals surface area contributed by atoms with E-state index in [-0.39, 0.29) is 12.1 Å². The maximum Gasteiger partial charge on any atom is 0.317 e. The molecule has 1 saturated carbocycles. The number of carbonyl (C=O) groups excluding carboxylic acids is 1. The Bertz CT molecular complexity index is 1050. The van der Waals surface area contributed by atoms with Crippen LogP contribution in [0.3, 0.4) is 0 Å². The highest BCUT2D eigenvalue weighted by Gasteiger charge is 2.33. The van der Waals surface area contributed by atoms with Crippen LogP contribution in [-0.2, 0) is 0 Å². The fraction of sp³-hybridized carbons (Fsp3) is 0.462. The molecule has 1 atom stereocenters. The molecule has 0 spiro atoms. The molecule has 0 aromatic heterocycles. The van der Waals surface area contributed by atoms with Gasteiger partial charge in [0.2, 0.25) is 0 Å². The predicted molar refractivity (Wildman–Crippen MR) is 129 cm³/mol. The Morgan fingerprint density at radius 3 is 2.70 bits per heavy atom. The fourth-order valence-corrected chi connectivity index (χ4v) is 5.08. The Balaban J connectivity index is 1.39. The lowest BCUT2D eigenvalue weighted by Crippen LogP contribution is -2.58. The zero-order chi connectivity index (χ0) is 22.8. The van der Waals surface area contributed by atoms with Crippen molar-refractivity contribution in [2.24, 2.45) is 4.99 Å². The molecule has 3 aliphatic rings. The molecule has 2 aromatic carbocycles. The van der Waals surface area contributed by atoms with Crippen LogP contribution in [0.1, 0.15) is 44.6 Å². The molecule has 2 fully saturated rings. The number of urea groups is 1. The van der Waals surface area contributed by atoms with E-state index in [0.717, 1.165) is 29.9 Å². The summed E-state index contributed by atoms with van der Waals surface area (Å²) in [6, 6.07) is 14.1. The molecule has 2 aliphatic heterocycles. The number of amidine groups is 1. The van der Waals surface area contributed by atoms with Crippen molar-refractivity contribution in [2.75, 3.05) is 26.7 Å². The molecule has 0 bridgehead atoms. The van der Waals surface area contributed by atoms with Crippen LogP contribution in [0.4, 0.5) is 10.5 Å². The third-order valence-corrected chi connectivity index (χ3v) is 6.86. The second-order valence-corrected chi connectivity index (χ2v) is 9.12. The van der Waals surface area contributed by atoms with Gasteiger partial charge in [-0.2, -0.15) is 0 Å². The number of piperazine rings is 1. The van der Waals surface area contributed by atoms with Crippen LogP contribution in [0.5, 0.6) is 17.2 Å². The average molecular weight is 449 g/mol. The number of hydrogen-bond donors (Lipinski definition) is 1. The monoisotopic (exact) mass is 448 g/mol. The van der Waals surface area contributed by atoms with E-state index >= 15 is 0 Å². The first-order valence-corrected chi connectivity index (χ1v) is 12.0. The maximum absolute atomic E-state index is 13.0. The summed E-state index contributed by atoms with van der Waals surface area (Å²) in [7, 11) is 1.65. The molecular weight excluding hydrogens is 416 g/mol. The lowest BCUT2D eigenvalue weighted by atomic mass is 9.96. The highest BCUT2D eigenvalue weighted by molar-refractivity contribution is 6.04. The quantitative estimate of drug-likeness (QED) is 0.708. The minimum Gasteiger partial charge on any atom is -0.493 e. The van der Waals surface area contributed by atoms with Crippen LogP contribution < -0.4 is 14.8 Å². The van der Waals surface area contributed by atoms with E-state index in [9.17, 15) is 4.79 Å². The molecule has 1 unspecified atom stereocenters. The first kappa shape index (κ1) is 21.6. The fourth-order valence-electron chi connectivity index (χ4n) is 5.08. The number of methoxy groups -OCH3 is 1. The second-order valence-electron chi connectivity index (χ2n) is 9.12. The van der Waals surface area contributed by atoms with Gasteiger partial charge in [0.15, 0.2) is 17.2 Å². The SMILES string of the molecule is COc1cccc2c1Oc1ccccc1N=C2N1CCN(C(=O)NC2CCCCC2)C(C)C1. The molecule has 33 heavy (non-hydrogen) atoms.